The predicted molar refractivity (Wildman–Crippen MR) is 38.6 cm³/mol. The fourth-order valence-corrected chi connectivity index (χ4v) is 0.962. The molecule has 0 aliphatic carbocycles. The Bertz CT molecular complexity index is 125. The molecule has 0 aromatic rings. The largest absolute Gasteiger partial charge is 0.395 e. The Morgan fingerprint density at radius 3 is 3.00 bits per heavy atom. The van der Waals surface area contributed by atoms with Gasteiger partial charge in [-0.1, -0.05) is 12.2 Å². The van der Waals surface area contributed by atoms with Gasteiger partial charge in [0, 0.05) is 0 Å². The van der Waals surface area contributed by atoms with Crippen LogP contribution in [0.2, 0.25) is 0 Å². The Morgan fingerprint density at radius 2 is 2.50 bits per heavy atom. The molecule has 0 amide bonds. The van der Waals surface area contributed by atoms with Crippen LogP contribution in [-0.2, 0) is 4.74 Å². The summed E-state index contributed by atoms with van der Waals surface area (Å²) >= 11 is 0. The quantitative estimate of drug-likeness (QED) is 0.519. The third-order valence-electron chi connectivity index (χ3n) is 1.63. The molecular formula is C7H13NO2. The SMILES string of the molecule is N[C@H](CO)[C@@H]1CC=CCO1. The summed E-state index contributed by atoms with van der Waals surface area (Å²) in [5.74, 6) is 0. The van der Waals surface area contributed by atoms with Crippen molar-refractivity contribution in [3.63, 3.8) is 0 Å². The first-order valence-corrected chi connectivity index (χ1v) is 3.47. The highest BCUT2D eigenvalue weighted by atomic mass is 16.5. The molecule has 0 radical (unpaired) electrons. The topological polar surface area (TPSA) is 55.5 Å². The van der Waals surface area contributed by atoms with Gasteiger partial charge in [0.25, 0.3) is 0 Å². The molecule has 3 N–H and O–H groups in total. The molecule has 0 unspecified atom stereocenters. The van der Waals surface area contributed by atoms with Crippen molar-refractivity contribution < 1.29 is 9.84 Å². The first-order valence-electron chi connectivity index (χ1n) is 3.47. The predicted octanol–water partition coefficient (Wildman–Crippen LogP) is -0.349. The summed E-state index contributed by atoms with van der Waals surface area (Å²) in [4.78, 5) is 0. The molecule has 0 spiro atoms. The molecule has 0 fully saturated rings. The highest BCUT2D eigenvalue weighted by molar-refractivity contribution is 4.92. The number of hydrogen-bond acceptors (Lipinski definition) is 3. The average molecular weight is 143 g/mol. The van der Waals surface area contributed by atoms with E-state index >= 15 is 0 Å². The highest BCUT2D eigenvalue weighted by Crippen LogP contribution is 2.08. The second kappa shape index (κ2) is 3.71. The Morgan fingerprint density at radius 1 is 1.70 bits per heavy atom. The van der Waals surface area contributed by atoms with Gasteiger partial charge in [-0.15, -0.1) is 0 Å². The smallest absolute Gasteiger partial charge is 0.0786 e. The molecule has 0 saturated heterocycles. The number of rotatable bonds is 2. The molecule has 2 atom stereocenters. The van der Waals surface area contributed by atoms with E-state index in [1.54, 1.807) is 0 Å². The molecule has 1 aliphatic heterocycles. The Labute approximate surface area is 60.5 Å². The third kappa shape index (κ3) is 1.80. The van der Waals surface area contributed by atoms with Crippen LogP contribution in [0.15, 0.2) is 12.2 Å². The number of aliphatic hydroxyl groups excluding tert-OH is 1. The maximum Gasteiger partial charge on any atom is 0.0786 e. The van der Waals surface area contributed by atoms with Crippen LogP contribution in [0.1, 0.15) is 6.42 Å². The summed E-state index contributed by atoms with van der Waals surface area (Å²) in [7, 11) is 0. The number of ether oxygens (including phenoxy) is 1. The molecule has 0 saturated carbocycles. The maximum atomic E-state index is 8.66. The van der Waals surface area contributed by atoms with Gasteiger partial charge in [0.15, 0.2) is 0 Å². The maximum absolute atomic E-state index is 8.66. The molecule has 1 heterocycles. The second-order valence-electron chi connectivity index (χ2n) is 2.43. The van der Waals surface area contributed by atoms with Crippen LogP contribution in [0.3, 0.4) is 0 Å². The molecule has 3 heteroatoms. The molecular weight excluding hydrogens is 130 g/mol. The zero-order chi connectivity index (χ0) is 7.40. The van der Waals surface area contributed by atoms with Crippen molar-refractivity contribution in [1.29, 1.82) is 0 Å². The first kappa shape index (κ1) is 7.72. The van der Waals surface area contributed by atoms with E-state index in [0.29, 0.717) is 6.61 Å². The van der Waals surface area contributed by atoms with Crippen molar-refractivity contribution in [2.24, 2.45) is 5.73 Å². The van der Waals surface area contributed by atoms with E-state index < -0.39 is 0 Å². The first-order chi connectivity index (χ1) is 4.84. The van der Waals surface area contributed by atoms with E-state index in [4.69, 9.17) is 15.6 Å². The molecule has 3 nitrogen and oxygen atoms in total. The monoisotopic (exact) mass is 143 g/mol. The molecule has 58 valence electrons. The third-order valence-corrected chi connectivity index (χ3v) is 1.63. The lowest BCUT2D eigenvalue weighted by Crippen LogP contribution is -2.40. The molecule has 0 aromatic carbocycles. The van der Waals surface area contributed by atoms with Gasteiger partial charge in [0.1, 0.15) is 0 Å². The summed E-state index contributed by atoms with van der Waals surface area (Å²) < 4.78 is 5.26. The standard InChI is InChI=1S/C7H13NO2/c8-6(5-9)7-3-1-2-4-10-7/h1-2,6-7,9H,3-5,8H2/t6-,7+/m1/s1. The van der Waals surface area contributed by atoms with E-state index in [-0.39, 0.29) is 18.8 Å². The van der Waals surface area contributed by atoms with Crippen LogP contribution in [-0.4, -0.2) is 30.5 Å². The van der Waals surface area contributed by atoms with E-state index in [9.17, 15) is 0 Å². The number of nitrogens with two attached hydrogens (primary N) is 1. The molecule has 1 rings (SSSR count). The normalized spacial score (nSPS) is 28.4. The van der Waals surface area contributed by atoms with Gasteiger partial charge in [-0.2, -0.15) is 0 Å². The summed E-state index contributed by atoms with van der Waals surface area (Å²) in [6.07, 6.45) is 4.82. The molecule has 0 aromatic heterocycles. The minimum atomic E-state index is -0.232. The average Bonchev–Trinajstić information content (AvgIpc) is 2.05. The van der Waals surface area contributed by atoms with Gasteiger partial charge < -0.3 is 15.6 Å². The van der Waals surface area contributed by atoms with Crippen LogP contribution in [0.4, 0.5) is 0 Å². The zero-order valence-corrected chi connectivity index (χ0v) is 5.86. The van der Waals surface area contributed by atoms with Crippen LogP contribution >= 0.6 is 0 Å². The zero-order valence-electron chi connectivity index (χ0n) is 5.86. The van der Waals surface area contributed by atoms with Crippen molar-refractivity contribution in [3.05, 3.63) is 12.2 Å². The highest BCUT2D eigenvalue weighted by Gasteiger charge is 2.17. The number of hydrogen-bond donors (Lipinski definition) is 2. The van der Waals surface area contributed by atoms with E-state index in [1.807, 2.05) is 12.2 Å². The lowest BCUT2D eigenvalue weighted by molar-refractivity contribution is 0.0329. The fraction of sp³-hybridized carbons (Fsp3) is 0.714. The minimum Gasteiger partial charge on any atom is -0.395 e. The van der Waals surface area contributed by atoms with Crippen LogP contribution in [0.5, 0.6) is 0 Å². The minimum absolute atomic E-state index is 0.00148. The fourth-order valence-electron chi connectivity index (χ4n) is 0.962. The van der Waals surface area contributed by atoms with Gasteiger partial charge >= 0.3 is 0 Å². The van der Waals surface area contributed by atoms with Crippen LogP contribution < -0.4 is 5.73 Å². The Balaban J connectivity index is 2.33. The van der Waals surface area contributed by atoms with E-state index in [2.05, 4.69) is 0 Å². The lowest BCUT2D eigenvalue weighted by atomic mass is 10.1. The van der Waals surface area contributed by atoms with Crippen molar-refractivity contribution in [3.8, 4) is 0 Å². The molecule has 1 aliphatic rings. The summed E-state index contributed by atoms with van der Waals surface area (Å²) in [6, 6.07) is -0.232. The lowest BCUT2D eigenvalue weighted by Gasteiger charge is -2.23. The molecule has 0 bridgehead atoms. The summed E-state index contributed by atoms with van der Waals surface area (Å²) in [5.41, 5.74) is 5.54. The Hall–Kier alpha value is -0.380. The summed E-state index contributed by atoms with van der Waals surface area (Å²) in [5, 5.41) is 8.66. The van der Waals surface area contributed by atoms with E-state index in [1.165, 1.54) is 0 Å². The Kier molecular flexibility index (Phi) is 2.86. The van der Waals surface area contributed by atoms with Crippen molar-refractivity contribution in [1.82, 2.24) is 0 Å². The molecule has 10 heavy (non-hydrogen) atoms. The van der Waals surface area contributed by atoms with Gasteiger partial charge in [0.2, 0.25) is 0 Å². The van der Waals surface area contributed by atoms with E-state index in [0.717, 1.165) is 6.42 Å². The number of aliphatic hydroxyl groups is 1. The van der Waals surface area contributed by atoms with Gasteiger partial charge in [-0.3, -0.25) is 0 Å². The van der Waals surface area contributed by atoms with Gasteiger partial charge in [0.05, 0.1) is 25.4 Å². The van der Waals surface area contributed by atoms with Crippen LogP contribution in [0, 0.1) is 0 Å². The van der Waals surface area contributed by atoms with Crippen LogP contribution in [0.25, 0.3) is 0 Å². The summed E-state index contributed by atoms with van der Waals surface area (Å²) in [6.45, 7) is 0.622. The second-order valence-corrected chi connectivity index (χ2v) is 2.43. The van der Waals surface area contributed by atoms with Gasteiger partial charge in [-0.25, -0.2) is 0 Å². The van der Waals surface area contributed by atoms with Crippen molar-refractivity contribution >= 4 is 0 Å². The van der Waals surface area contributed by atoms with Gasteiger partial charge in [-0.05, 0) is 6.42 Å². The van der Waals surface area contributed by atoms with Crippen molar-refractivity contribution in [2.75, 3.05) is 13.2 Å². The van der Waals surface area contributed by atoms with Crippen molar-refractivity contribution in [2.45, 2.75) is 18.6 Å².